The Morgan fingerprint density at radius 2 is 2.18 bits per heavy atom. The quantitative estimate of drug-likeness (QED) is 0.842. The van der Waals surface area contributed by atoms with Crippen molar-refractivity contribution in [3.05, 3.63) is 11.8 Å². The molecule has 0 radical (unpaired) electrons. The highest BCUT2D eigenvalue weighted by Gasteiger charge is 2.54. The van der Waals surface area contributed by atoms with Crippen molar-refractivity contribution in [1.82, 2.24) is 10.2 Å². The lowest BCUT2D eigenvalue weighted by atomic mass is 10.0. The van der Waals surface area contributed by atoms with Gasteiger partial charge in [0.05, 0.1) is 0 Å². The number of rotatable bonds is 3. The van der Waals surface area contributed by atoms with Gasteiger partial charge in [-0.15, -0.1) is 0 Å². The van der Waals surface area contributed by atoms with Crippen LogP contribution in [0.3, 0.4) is 0 Å². The minimum atomic E-state index is 0.177. The third-order valence-corrected chi connectivity index (χ3v) is 4.22. The predicted octanol–water partition coefficient (Wildman–Crippen LogP) is 2.35. The number of aromatic nitrogens is 2. The molecule has 1 aromatic rings. The monoisotopic (exact) mass is 233 g/mol. The van der Waals surface area contributed by atoms with Crippen molar-refractivity contribution < 1.29 is 4.79 Å². The van der Waals surface area contributed by atoms with Gasteiger partial charge in [0.15, 0.2) is 5.82 Å². The maximum absolute atomic E-state index is 12.1. The van der Waals surface area contributed by atoms with Crippen molar-refractivity contribution in [2.75, 3.05) is 5.32 Å². The molecular formula is C13H19N3O. The van der Waals surface area contributed by atoms with E-state index in [0.29, 0.717) is 17.7 Å². The van der Waals surface area contributed by atoms with E-state index in [4.69, 9.17) is 0 Å². The van der Waals surface area contributed by atoms with E-state index < -0.39 is 0 Å². The summed E-state index contributed by atoms with van der Waals surface area (Å²) in [6.07, 6.45) is 5.99. The van der Waals surface area contributed by atoms with Crippen molar-refractivity contribution >= 4 is 11.7 Å². The minimum Gasteiger partial charge on any atom is -0.309 e. The van der Waals surface area contributed by atoms with Gasteiger partial charge < -0.3 is 5.32 Å². The van der Waals surface area contributed by atoms with Gasteiger partial charge in [-0.3, -0.25) is 9.89 Å². The predicted molar refractivity (Wildman–Crippen MR) is 65.5 cm³/mol. The molecule has 2 aliphatic carbocycles. The van der Waals surface area contributed by atoms with Gasteiger partial charge >= 0.3 is 0 Å². The van der Waals surface area contributed by atoms with Crippen LogP contribution < -0.4 is 5.32 Å². The fourth-order valence-electron chi connectivity index (χ4n) is 3.20. The van der Waals surface area contributed by atoms with E-state index in [1.165, 1.54) is 25.7 Å². The molecule has 2 saturated carbocycles. The van der Waals surface area contributed by atoms with Crippen LogP contribution in [0.4, 0.5) is 5.82 Å². The van der Waals surface area contributed by atoms with Crippen LogP contribution in [0.1, 0.15) is 38.3 Å². The second kappa shape index (κ2) is 4.17. The lowest BCUT2D eigenvalue weighted by Gasteiger charge is -2.04. The molecule has 4 nitrogen and oxygen atoms in total. The standard InChI is InChI=1S/C13H19N3O/c1-2-8-7-11(16-15-8)14-13(17)12-9-5-3-4-6-10(9)12/h7,9-10,12H,2-6H2,1H3,(H2,14,15,16,17). The first-order valence-electron chi connectivity index (χ1n) is 6.64. The van der Waals surface area contributed by atoms with E-state index in [2.05, 4.69) is 22.4 Å². The number of hydrogen-bond acceptors (Lipinski definition) is 2. The summed E-state index contributed by atoms with van der Waals surface area (Å²) >= 11 is 0. The van der Waals surface area contributed by atoms with Crippen molar-refractivity contribution in [3.8, 4) is 0 Å². The van der Waals surface area contributed by atoms with Gasteiger partial charge in [0.25, 0.3) is 0 Å². The van der Waals surface area contributed by atoms with E-state index in [0.717, 1.165) is 12.1 Å². The van der Waals surface area contributed by atoms with E-state index in [1.807, 2.05) is 6.07 Å². The highest BCUT2D eigenvalue weighted by atomic mass is 16.2. The van der Waals surface area contributed by atoms with Crippen LogP contribution in [-0.2, 0) is 11.2 Å². The molecule has 3 rings (SSSR count). The number of nitrogens with one attached hydrogen (secondary N) is 2. The number of aromatic amines is 1. The number of carbonyl (C=O) groups excluding carboxylic acids is 1. The normalized spacial score (nSPS) is 30.8. The van der Waals surface area contributed by atoms with Crippen molar-refractivity contribution in [2.24, 2.45) is 17.8 Å². The number of anilines is 1. The Bertz CT molecular complexity index is 414. The average molecular weight is 233 g/mol. The molecule has 0 spiro atoms. The highest BCUT2D eigenvalue weighted by molar-refractivity contribution is 5.94. The van der Waals surface area contributed by atoms with Gasteiger partial charge in [0, 0.05) is 17.7 Å². The zero-order valence-electron chi connectivity index (χ0n) is 10.2. The van der Waals surface area contributed by atoms with E-state index in [9.17, 15) is 4.79 Å². The molecule has 2 unspecified atom stereocenters. The third kappa shape index (κ3) is 1.96. The van der Waals surface area contributed by atoms with Crippen LogP contribution in [0, 0.1) is 17.8 Å². The number of amides is 1. The SMILES string of the molecule is CCc1cc(NC(=O)C2C3CCCCC32)n[nH]1. The Balaban J connectivity index is 1.60. The molecule has 1 aromatic heterocycles. The van der Waals surface area contributed by atoms with Crippen LogP contribution in [0.25, 0.3) is 0 Å². The number of H-pyrrole nitrogens is 1. The molecule has 1 heterocycles. The minimum absolute atomic E-state index is 0.177. The Hall–Kier alpha value is -1.32. The topological polar surface area (TPSA) is 57.8 Å². The first-order chi connectivity index (χ1) is 8.29. The molecule has 17 heavy (non-hydrogen) atoms. The van der Waals surface area contributed by atoms with Crippen molar-refractivity contribution in [3.63, 3.8) is 0 Å². The van der Waals surface area contributed by atoms with Gasteiger partial charge in [-0.05, 0) is 31.1 Å². The Morgan fingerprint density at radius 3 is 2.76 bits per heavy atom. The molecule has 0 saturated heterocycles. The van der Waals surface area contributed by atoms with Crippen LogP contribution in [-0.4, -0.2) is 16.1 Å². The summed E-state index contributed by atoms with van der Waals surface area (Å²) in [5, 5.41) is 9.95. The first kappa shape index (κ1) is 10.8. The molecule has 0 aromatic carbocycles. The summed E-state index contributed by atoms with van der Waals surface area (Å²) in [7, 11) is 0. The summed E-state index contributed by atoms with van der Waals surface area (Å²) in [4.78, 5) is 12.1. The van der Waals surface area contributed by atoms with Crippen LogP contribution in [0.15, 0.2) is 6.07 Å². The van der Waals surface area contributed by atoms with Gasteiger partial charge in [-0.25, -0.2) is 0 Å². The second-order valence-electron chi connectivity index (χ2n) is 5.26. The van der Waals surface area contributed by atoms with Crippen LogP contribution in [0.5, 0.6) is 0 Å². The molecule has 1 amide bonds. The molecule has 2 atom stereocenters. The smallest absolute Gasteiger partial charge is 0.229 e. The fourth-order valence-corrected chi connectivity index (χ4v) is 3.20. The maximum Gasteiger partial charge on any atom is 0.229 e. The number of carbonyl (C=O) groups is 1. The molecule has 0 bridgehead atoms. The molecule has 2 N–H and O–H groups in total. The average Bonchev–Trinajstić information content (AvgIpc) is 2.92. The molecule has 4 heteroatoms. The molecule has 2 aliphatic rings. The fraction of sp³-hybridized carbons (Fsp3) is 0.692. The van der Waals surface area contributed by atoms with Gasteiger partial charge in [0.2, 0.25) is 5.91 Å². The number of hydrogen-bond donors (Lipinski definition) is 2. The largest absolute Gasteiger partial charge is 0.309 e. The van der Waals surface area contributed by atoms with Crippen LogP contribution in [0.2, 0.25) is 0 Å². The Kier molecular flexibility index (Phi) is 2.65. The molecule has 0 aliphatic heterocycles. The lowest BCUT2D eigenvalue weighted by Crippen LogP contribution is -2.15. The summed E-state index contributed by atoms with van der Waals surface area (Å²) < 4.78 is 0. The molecule has 2 fully saturated rings. The van der Waals surface area contributed by atoms with E-state index in [1.54, 1.807) is 0 Å². The zero-order valence-corrected chi connectivity index (χ0v) is 10.2. The van der Waals surface area contributed by atoms with Crippen molar-refractivity contribution in [2.45, 2.75) is 39.0 Å². The maximum atomic E-state index is 12.1. The Morgan fingerprint density at radius 1 is 1.47 bits per heavy atom. The number of aryl methyl sites for hydroxylation is 1. The Labute approximate surface area is 101 Å². The van der Waals surface area contributed by atoms with Gasteiger partial charge in [-0.2, -0.15) is 5.10 Å². The molecular weight excluding hydrogens is 214 g/mol. The van der Waals surface area contributed by atoms with Gasteiger partial charge in [-0.1, -0.05) is 19.8 Å². The summed E-state index contributed by atoms with van der Waals surface area (Å²) in [6.45, 7) is 2.06. The summed E-state index contributed by atoms with van der Waals surface area (Å²) in [5.41, 5.74) is 1.06. The second-order valence-corrected chi connectivity index (χ2v) is 5.26. The van der Waals surface area contributed by atoms with E-state index in [-0.39, 0.29) is 11.8 Å². The summed E-state index contributed by atoms with van der Waals surface area (Å²) in [6, 6.07) is 1.92. The molecule has 92 valence electrons. The lowest BCUT2D eigenvalue weighted by molar-refractivity contribution is -0.117. The third-order valence-electron chi connectivity index (χ3n) is 4.22. The van der Waals surface area contributed by atoms with E-state index >= 15 is 0 Å². The zero-order chi connectivity index (χ0) is 11.8. The van der Waals surface area contributed by atoms with Crippen LogP contribution >= 0.6 is 0 Å². The van der Waals surface area contributed by atoms with Gasteiger partial charge in [0.1, 0.15) is 0 Å². The number of nitrogens with zero attached hydrogens (tertiary/aromatic N) is 1. The summed E-state index contributed by atoms with van der Waals surface area (Å²) in [5.74, 6) is 2.44. The number of fused-ring (bicyclic) bond motifs is 1. The highest BCUT2D eigenvalue weighted by Crippen LogP contribution is 2.55. The first-order valence-corrected chi connectivity index (χ1v) is 6.64. The van der Waals surface area contributed by atoms with Crippen molar-refractivity contribution in [1.29, 1.82) is 0 Å².